The van der Waals surface area contributed by atoms with E-state index in [0.29, 0.717) is 18.1 Å². The molecule has 0 spiro atoms. The molecule has 2 atom stereocenters. The molecule has 2 aliphatic rings. The van der Waals surface area contributed by atoms with Crippen molar-refractivity contribution in [2.24, 2.45) is 0 Å². The van der Waals surface area contributed by atoms with Gasteiger partial charge in [0.25, 0.3) is 0 Å². The van der Waals surface area contributed by atoms with Crippen molar-refractivity contribution in [2.75, 3.05) is 12.4 Å². The van der Waals surface area contributed by atoms with Gasteiger partial charge in [0.15, 0.2) is 0 Å². The van der Waals surface area contributed by atoms with Gasteiger partial charge in [-0.15, -0.1) is 11.8 Å². The Morgan fingerprint density at radius 1 is 1.12 bits per heavy atom. The highest BCUT2D eigenvalue weighted by atomic mass is 32.2. The van der Waals surface area contributed by atoms with Crippen molar-refractivity contribution in [1.82, 2.24) is 0 Å². The van der Waals surface area contributed by atoms with Crippen LogP contribution in [0.5, 0.6) is 5.75 Å². The van der Waals surface area contributed by atoms with Gasteiger partial charge < -0.3 is 9.15 Å². The minimum atomic E-state index is -0.216. The van der Waals surface area contributed by atoms with Gasteiger partial charge in [0.2, 0.25) is 0 Å². The summed E-state index contributed by atoms with van der Waals surface area (Å²) < 4.78 is 11.6. The van der Waals surface area contributed by atoms with E-state index < -0.39 is 0 Å². The minimum absolute atomic E-state index is 0.0670. The molecular formula is C20H16O3S. The first-order valence-corrected chi connectivity index (χ1v) is 9.13. The van der Waals surface area contributed by atoms with E-state index in [-0.39, 0.29) is 11.5 Å². The number of fused-ring (bicyclic) bond motifs is 7. The normalized spacial score (nSPS) is 21.5. The van der Waals surface area contributed by atoms with Crippen LogP contribution < -0.4 is 10.4 Å². The minimum Gasteiger partial charge on any atom is -0.493 e. The number of rotatable bonds is 0. The largest absolute Gasteiger partial charge is 0.493 e. The van der Waals surface area contributed by atoms with E-state index in [1.54, 1.807) is 11.8 Å². The molecule has 3 heterocycles. The van der Waals surface area contributed by atoms with Crippen molar-refractivity contribution in [1.29, 1.82) is 0 Å². The molecular weight excluding hydrogens is 320 g/mol. The molecule has 5 rings (SSSR count). The highest BCUT2D eigenvalue weighted by molar-refractivity contribution is 7.99. The van der Waals surface area contributed by atoms with Crippen LogP contribution in [0.4, 0.5) is 0 Å². The zero-order valence-electron chi connectivity index (χ0n) is 13.2. The van der Waals surface area contributed by atoms with E-state index in [0.717, 1.165) is 27.3 Å². The van der Waals surface area contributed by atoms with E-state index in [2.05, 4.69) is 19.1 Å². The molecule has 0 amide bonds. The molecule has 3 nitrogen and oxygen atoms in total. The van der Waals surface area contributed by atoms with Gasteiger partial charge in [-0.2, -0.15) is 0 Å². The number of aryl methyl sites for hydroxylation is 1. The first-order chi connectivity index (χ1) is 11.7. The predicted octanol–water partition coefficient (Wildman–Crippen LogP) is 4.47. The number of para-hydroxylation sites is 1. The second-order valence-electron chi connectivity index (χ2n) is 6.50. The van der Waals surface area contributed by atoms with Gasteiger partial charge in [0, 0.05) is 27.9 Å². The van der Waals surface area contributed by atoms with Gasteiger partial charge in [0.05, 0.1) is 12.2 Å². The Labute approximate surface area is 143 Å². The third kappa shape index (κ3) is 1.96. The van der Waals surface area contributed by atoms with Crippen LogP contribution in [0.25, 0.3) is 11.0 Å². The fourth-order valence-corrected chi connectivity index (χ4v) is 5.34. The van der Waals surface area contributed by atoms with Gasteiger partial charge in [-0.1, -0.05) is 29.8 Å². The Morgan fingerprint density at radius 2 is 2.00 bits per heavy atom. The molecule has 24 heavy (non-hydrogen) atoms. The van der Waals surface area contributed by atoms with Crippen LogP contribution in [0.1, 0.15) is 28.5 Å². The summed E-state index contributed by atoms with van der Waals surface area (Å²) in [5.74, 6) is 2.28. The molecule has 1 aromatic heterocycles. The van der Waals surface area contributed by atoms with Crippen LogP contribution in [0.3, 0.4) is 0 Å². The van der Waals surface area contributed by atoms with Gasteiger partial charge >= 0.3 is 5.63 Å². The van der Waals surface area contributed by atoms with Crippen LogP contribution in [-0.4, -0.2) is 12.4 Å². The number of hydrogen-bond acceptors (Lipinski definition) is 4. The first kappa shape index (κ1) is 14.2. The van der Waals surface area contributed by atoms with Gasteiger partial charge in [-0.05, 0) is 30.7 Å². The molecule has 0 unspecified atom stereocenters. The molecule has 120 valence electrons. The molecule has 2 aliphatic heterocycles. The molecule has 0 saturated carbocycles. The summed E-state index contributed by atoms with van der Waals surface area (Å²) in [6, 6.07) is 14.1. The van der Waals surface area contributed by atoms with Crippen molar-refractivity contribution < 1.29 is 9.15 Å². The predicted molar refractivity (Wildman–Crippen MR) is 95.4 cm³/mol. The lowest BCUT2D eigenvalue weighted by molar-refractivity contribution is 0.239. The molecule has 0 N–H and O–H groups in total. The van der Waals surface area contributed by atoms with Crippen LogP contribution in [0.2, 0.25) is 0 Å². The third-order valence-electron chi connectivity index (χ3n) is 5.05. The highest BCUT2D eigenvalue weighted by Gasteiger charge is 2.39. The number of hydrogen-bond donors (Lipinski definition) is 0. The Kier molecular flexibility index (Phi) is 3.04. The summed E-state index contributed by atoms with van der Waals surface area (Å²) in [6.07, 6.45) is 0. The van der Waals surface area contributed by atoms with Gasteiger partial charge in [0.1, 0.15) is 11.3 Å². The van der Waals surface area contributed by atoms with Crippen molar-refractivity contribution >= 4 is 22.7 Å². The van der Waals surface area contributed by atoms with Crippen molar-refractivity contribution in [3.05, 3.63) is 69.6 Å². The second-order valence-corrected chi connectivity index (χ2v) is 7.54. The quantitative estimate of drug-likeness (QED) is 0.568. The Balaban J connectivity index is 1.74. The zero-order chi connectivity index (χ0) is 16.3. The number of benzene rings is 2. The molecule has 2 aromatic carbocycles. The number of ether oxygens (including phenoxy) is 1. The first-order valence-electron chi connectivity index (χ1n) is 8.14. The standard InChI is InChI=1S/C20H16O3S/c1-11-6-7-17-13(8-11)19-18(20(21)23-17)14-9-22-16-5-3-2-4-12(16)15(14)10-24-19/h2-8,14-15H,9-10H2,1H3/t14-,15+/m0/s1. The monoisotopic (exact) mass is 336 g/mol. The van der Waals surface area contributed by atoms with E-state index >= 15 is 0 Å². The maximum absolute atomic E-state index is 12.7. The fourth-order valence-electron chi connectivity index (χ4n) is 3.87. The average molecular weight is 336 g/mol. The zero-order valence-corrected chi connectivity index (χ0v) is 14.1. The lowest BCUT2D eigenvalue weighted by Gasteiger charge is -2.37. The third-order valence-corrected chi connectivity index (χ3v) is 6.30. The Morgan fingerprint density at radius 3 is 2.92 bits per heavy atom. The van der Waals surface area contributed by atoms with Crippen LogP contribution in [0.15, 0.2) is 56.6 Å². The van der Waals surface area contributed by atoms with E-state index in [4.69, 9.17) is 9.15 Å². The molecule has 0 aliphatic carbocycles. The second kappa shape index (κ2) is 5.15. The number of thioether (sulfide) groups is 1. The molecule has 0 fully saturated rings. The molecule has 0 radical (unpaired) electrons. The molecule has 0 bridgehead atoms. The summed E-state index contributed by atoms with van der Waals surface area (Å²) in [5, 5.41) is 1.05. The lowest BCUT2D eigenvalue weighted by Crippen LogP contribution is -2.32. The summed E-state index contributed by atoms with van der Waals surface area (Å²) in [4.78, 5) is 13.8. The smallest absolute Gasteiger partial charge is 0.341 e. The van der Waals surface area contributed by atoms with Crippen molar-refractivity contribution in [3.8, 4) is 5.75 Å². The molecule has 4 heteroatoms. The summed E-state index contributed by atoms with van der Waals surface area (Å²) in [6.45, 7) is 2.60. The lowest BCUT2D eigenvalue weighted by atomic mass is 9.81. The molecule has 0 saturated heterocycles. The van der Waals surface area contributed by atoms with Gasteiger partial charge in [-0.3, -0.25) is 0 Å². The summed E-state index contributed by atoms with van der Waals surface area (Å²) in [5.41, 5.74) is 3.63. The summed E-state index contributed by atoms with van der Waals surface area (Å²) >= 11 is 1.77. The van der Waals surface area contributed by atoms with Crippen LogP contribution in [0, 0.1) is 6.92 Å². The SMILES string of the molecule is Cc1ccc2oc(=O)c3c(c2c1)SC[C@@H]1c2ccccc2OC[C@H]31. The van der Waals surface area contributed by atoms with E-state index in [1.807, 2.05) is 30.3 Å². The van der Waals surface area contributed by atoms with Crippen LogP contribution in [-0.2, 0) is 0 Å². The fraction of sp³-hybridized carbons (Fsp3) is 0.250. The van der Waals surface area contributed by atoms with Crippen molar-refractivity contribution in [2.45, 2.75) is 23.7 Å². The van der Waals surface area contributed by atoms with E-state index in [1.165, 1.54) is 11.1 Å². The molecule has 3 aromatic rings. The topological polar surface area (TPSA) is 39.4 Å². The van der Waals surface area contributed by atoms with Crippen LogP contribution >= 0.6 is 11.8 Å². The average Bonchev–Trinajstić information content (AvgIpc) is 2.61. The Hall–Kier alpha value is -2.20. The Bertz CT molecular complexity index is 1020. The summed E-state index contributed by atoms with van der Waals surface area (Å²) in [7, 11) is 0. The van der Waals surface area contributed by atoms with Crippen molar-refractivity contribution in [3.63, 3.8) is 0 Å². The van der Waals surface area contributed by atoms with E-state index in [9.17, 15) is 4.79 Å². The maximum Gasteiger partial charge on any atom is 0.341 e. The van der Waals surface area contributed by atoms with Gasteiger partial charge in [-0.25, -0.2) is 4.79 Å². The highest BCUT2D eigenvalue weighted by Crippen LogP contribution is 2.50. The maximum atomic E-state index is 12.7.